The predicted molar refractivity (Wildman–Crippen MR) is 54.2 cm³/mol. The van der Waals surface area contributed by atoms with Gasteiger partial charge in [0.25, 0.3) is 28.8 Å². The topological polar surface area (TPSA) is 151 Å². The SMILES string of the molecule is CCO[PH](=O)OC(=O)[O-].CCO[PH](=O)OC(=O)[O-].[Zn+2]. The molecule has 0 radical (unpaired) electrons. The fourth-order valence-corrected chi connectivity index (χ4v) is 1.29. The van der Waals surface area contributed by atoms with Crippen LogP contribution < -0.4 is 10.2 Å². The minimum atomic E-state index is -2.85. The summed E-state index contributed by atoms with van der Waals surface area (Å²) in [6.07, 6.45) is -3.65. The molecule has 0 rings (SSSR count). The Bertz CT molecular complexity index is 278. The van der Waals surface area contributed by atoms with Crippen LogP contribution in [0.5, 0.6) is 0 Å². The van der Waals surface area contributed by atoms with Gasteiger partial charge < -0.3 is 37.9 Å². The summed E-state index contributed by atoms with van der Waals surface area (Å²) in [7, 11) is -5.70. The number of hydrogen-bond donors (Lipinski definition) is 0. The summed E-state index contributed by atoms with van der Waals surface area (Å²) in [5, 5.41) is 19.0. The molecule has 0 aliphatic carbocycles. The standard InChI is InChI=1S/2C3H7O5P.Zn/c2*1-2-7-9(6)8-3(4)5;/h2*9H,2H2,1H3,(H,4,5);/q;;+2/p-2. The third-order valence-corrected chi connectivity index (χ3v) is 2.57. The molecule has 0 aliphatic heterocycles. The maximum atomic E-state index is 10.2. The van der Waals surface area contributed by atoms with E-state index in [2.05, 4.69) is 18.1 Å². The van der Waals surface area contributed by atoms with Crippen molar-refractivity contribution in [2.24, 2.45) is 0 Å². The molecule has 0 amide bonds. The van der Waals surface area contributed by atoms with Crippen LogP contribution in [-0.4, -0.2) is 25.5 Å². The van der Waals surface area contributed by atoms with Gasteiger partial charge in [0.05, 0.1) is 13.2 Å². The first-order chi connectivity index (χ1) is 8.33. The number of hydrogen-bond acceptors (Lipinski definition) is 10. The minimum absolute atomic E-state index is 0. The van der Waals surface area contributed by atoms with Crippen molar-refractivity contribution in [2.75, 3.05) is 13.2 Å². The molecular formula is C6H12O10P2Zn. The Balaban J connectivity index is -0.000000256. The number of carbonyl (C=O) groups excluding carboxylic acids is 2. The van der Waals surface area contributed by atoms with Crippen molar-refractivity contribution in [2.45, 2.75) is 13.8 Å². The van der Waals surface area contributed by atoms with E-state index >= 15 is 0 Å². The van der Waals surface area contributed by atoms with Crippen LogP contribution in [0.2, 0.25) is 0 Å². The smallest absolute Gasteiger partial charge is 0.477 e. The largest absolute Gasteiger partial charge is 2.00 e. The second kappa shape index (κ2) is 15.6. The minimum Gasteiger partial charge on any atom is -0.477 e. The van der Waals surface area contributed by atoms with E-state index in [-0.39, 0.29) is 32.7 Å². The number of carboxylic acid groups (broad SMARTS) is 2. The first-order valence-electron chi connectivity index (χ1n) is 4.44. The van der Waals surface area contributed by atoms with E-state index in [1.807, 2.05) is 0 Å². The van der Waals surface area contributed by atoms with Crippen molar-refractivity contribution >= 4 is 28.8 Å². The molecular weight excluding hydrogens is 359 g/mol. The Morgan fingerprint density at radius 3 is 1.32 bits per heavy atom. The van der Waals surface area contributed by atoms with Gasteiger partial charge in [0.1, 0.15) is 0 Å². The van der Waals surface area contributed by atoms with E-state index in [1.54, 1.807) is 13.8 Å². The average Bonchev–Trinajstić information content (AvgIpc) is 2.16. The van der Waals surface area contributed by atoms with Crippen LogP contribution in [0.3, 0.4) is 0 Å². The first-order valence-corrected chi connectivity index (χ1v) is 6.89. The summed E-state index contributed by atoms with van der Waals surface area (Å²) in [5.41, 5.74) is 0. The quantitative estimate of drug-likeness (QED) is 0.443. The van der Waals surface area contributed by atoms with E-state index in [0.717, 1.165) is 0 Å². The third kappa shape index (κ3) is 23.1. The van der Waals surface area contributed by atoms with Crippen LogP contribution in [0.15, 0.2) is 0 Å². The van der Waals surface area contributed by atoms with Crippen molar-refractivity contribution in [3.05, 3.63) is 0 Å². The van der Waals surface area contributed by atoms with Gasteiger partial charge >= 0.3 is 19.5 Å². The van der Waals surface area contributed by atoms with E-state index in [0.29, 0.717) is 0 Å². The Kier molecular flexibility index (Phi) is 19.4. The van der Waals surface area contributed by atoms with Crippen LogP contribution in [0.4, 0.5) is 9.59 Å². The Labute approximate surface area is 123 Å². The second-order valence-corrected chi connectivity index (χ2v) is 4.06. The molecule has 0 spiro atoms. The molecule has 0 N–H and O–H groups in total. The third-order valence-electron chi connectivity index (χ3n) is 0.858. The molecule has 19 heavy (non-hydrogen) atoms. The van der Waals surface area contributed by atoms with Crippen molar-refractivity contribution in [3.63, 3.8) is 0 Å². The molecule has 0 heterocycles. The molecule has 108 valence electrons. The first kappa shape index (κ1) is 23.6. The van der Waals surface area contributed by atoms with E-state index < -0.39 is 28.8 Å². The zero-order valence-corrected chi connectivity index (χ0v) is 15.2. The summed E-state index contributed by atoms with van der Waals surface area (Å²) >= 11 is 0. The Hall–Kier alpha value is -0.457. The van der Waals surface area contributed by atoms with Gasteiger partial charge in [0, 0.05) is 0 Å². The van der Waals surface area contributed by atoms with Crippen LogP contribution in [0.1, 0.15) is 13.8 Å². The summed E-state index contributed by atoms with van der Waals surface area (Å²) in [5.74, 6) is 0. The van der Waals surface area contributed by atoms with Crippen molar-refractivity contribution in [3.8, 4) is 0 Å². The van der Waals surface area contributed by atoms with Gasteiger partial charge in [0.2, 0.25) is 0 Å². The van der Waals surface area contributed by atoms with E-state index in [9.17, 15) is 28.9 Å². The Morgan fingerprint density at radius 2 is 1.16 bits per heavy atom. The van der Waals surface area contributed by atoms with Gasteiger partial charge in [-0.3, -0.25) is 9.13 Å². The summed E-state index contributed by atoms with van der Waals surface area (Å²) < 4.78 is 36.1. The number of rotatable bonds is 6. The van der Waals surface area contributed by atoms with Gasteiger partial charge in [-0.25, -0.2) is 0 Å². The fourth-order valence-electron chi connectivity index (χ4n) is 0.431. The molecule has 0 saturated carbocycles. The van der Waals surface area contributed by atoms with Gasteiger partial charge in [-0.15, -0.1) is 0 Å². The van der Waals surface area contributed by atoms with Crippen LogP contribution in [0.25, 0.3) is 0 Å². The molecule has 10 nitrogen and oxygen atoms in total. The maximum absolute atomic E-state index is 10.2. The molecule has 0 bridgehead atoms. The monoisotopic (exact) mass is 370 g/mol. The average molecular weight is 371 g/mol. The zero-order valence-electron chi connectivity index (χ0n) is 10.2. The molecule has 2 atom stereocenters. The molecule has 0 aromatic rings. The van der Waals surface area contributed by atoms with E-state index in [4.69, 9.17) is 0 Å². The molecule has 0 saturated heterocycles. The van der Waals surface area contributed by atoms with Crippen molar-refractivity contribution in [1.82, 2.24) is 0 Å². The van der Waals surface area contributed by atoms with Crippen LogP contribution >= 0.6 is 16.5 Å². The predicted octanol–water partition coefficient (Wildman–Crippen LogP) is -0.458. The van der Waals surface area contributed by atoms with E-state index in [1.165, 1.54) is 0 Å². The van der Waals surface area contributed by atoms with Crippen LogP contribution in [-0.2, 0) is 46.7 Å². The molecule has 13 heteroatoms. The summed E-state index contributed by atoms with van der Waals surface area (Å²) in [4.78, 5) is 19.0. The summed E-state index contributed by atoms with van der Waals surface area (Å²) in [6, 6.07) is 0. The number of carbonyl (C=O) groups is 2. The molecule has 0 fully saturated rings. The van der Waals surface area contributed by atoms with Crippen molar-refractivity contribution < 1.29 is 66.5 Å². The molecule has 0 aromatic carbocycles. The van der Waals surface area contributed by atoms with Gasteiger partial charge in [-0.2, -0.15) is 0 Å². The van der Waals surface area contributed by atoms with Gasteiger partial charge in [-0.05, 0) is 13.8 Å². The second-order valence-electron chi connectivity index (χ2n) is 2.07. The normalized spacial score (nSPS) is 11.9. The maximum Gasteiger partial charge on any atom is 2.00 e. The fraction of sp³-hybridized carbons (Fsp3) is 0.667. The summed E-state index contributed by atoms with van der Waals surface area (Å²) in [6.45, 7) is 3.46. The van der Waals surface area contributed by atoms with Crippen LogP contribution in [0, 0.1) is 0 Å². The van der Waals surface area contributed by atoms with Crippen molar-refractivity contribution in [1.29, 1.82) is 0 Å². The molecule has 0 aromatic heterocycles. The zero-order chi connectivity index (χ0) is 14.6. The van der Waals surface area contributed by atoms with Gasteiger partial charge in [0.15, 0.2) is 0 Å². The molecule has 2 unspecified atom stereocenters. The van der Waals surface area contributed by atoms with Gasteiger partial charge in [-0.1, -0.05) is 0 Å². The molecule has 0 aliphatic rings. The Morgan fingerprint density at radius 1 is 0.895 bits per heavy atom.